The minimum atomic E-state index is -4.02. The number of carbonyl (C=O) groups is 2. The van der Waals surface area contributed by atoms with Gasteiger partial charge in [-0.15, -0.1) is 0 Å². The fourth-order valence-electron chi connectivity index (χ4n) is 8.67. The summed E-state index contributed by atoms with van der Waals surface area (Å²) in [6.07, 6.45) is 1.59. The predicted molar refractivity (Wildman–Crippen MR) is 215 cm³/mol. The topological polar surface area (TPSA) is 149 Å². The van der Waals surface area contributed by atoms with Crippen LogP contribution in [0.3, 0.4) is 0 Å². The number of hydrogen-bond acceptors (Lipinski definition) is 8. The van der Waals surface area contributed by atoms with Crippen molar-refractivity contribution in [3.8, 4) is 17.3 Å². The summed E-state index contributed by atoms with van der Waals surface area (Å²) in [4.78, 5) is 37.5. The van der Waals surface area contributed by atoms with Gasteiger partial charge in [-0.1, -0.05) is 79.7 Å². The number of aryl methyl sites for hydroxylation is 1. The van der Waals surface area contributed by atoms with E-state index in [9.17, 15) is 18.0 Å². The van der Waals surface area contributed by atoms with E-state index in [-0.39, 0.29) is 68.0 Å². The minimum Gasteiger partial charge on any atom is -0.459 e. The highest BCUT2D eigenvalue weighted by molar-refractivity contribution is 7.92. The number of esters is 1. The standard InChI is InChI=1S/C42H54N6O7S/c1-25-20-27(3)35(28(4)21-25)54-39(49)33-34(43-10)38(55-40(50)47-16-18-53-19-17-47)48-37(33)44-36(45-48)29-12-11-13-31(22-29)46-56(51,52)32-23-30(15-14-26(32)2)42(8,9)24-41(5,6)7/h11-15,22-23,25,27-28,35,46H,16-21,24H2,1-9H3,(H,44,45). The van der Waals surface area contributed by atoms with Crippen molar-refractivity contribution in [1.82, 2.24) is 19.5 Å². The molecular formula is C42H54N6O7S. The Morgan fingerprint density at radius 1 is 1.04 bits per heavy atom. The Kier molecular flexibility index (Phi) is 11.3. The fraction of sp³-hybridized carbons (Fsp3) is 0.524. The molecular weight excluding hydrogens is 733 g/mol. The normalized spacial score (nSPS) is 20.8. The first kappa shape index (κ1) is 40.8. The molecule has 1 amide bonds. The molecule has 1 saturated heterocycles. The average molecular weight is 787 g/mol. The molecule has 2 aromatic carbocycles. The van der Waals surface area contributed by atoms with E-state index in [0.29, 0.717) is 43.3 Å². The number of H-pyrrole nitrogens is 1. The van der Waals surface area contributed by atoms with Crippen LogP contribution in [0.25, 0.3) is 21.9 Å². The number of amides is 1. The van der Waals surface area contributed by atoms with Crippen LogP contribution in [0.15, 0.2) is 47.4 Å². The van der Waals surface area contributed by atoms with Crippen LogP contribution in [0, 0.1) is 36.7 Å². The zero-order valence-corrected chi connectivity index (χ0v) is 34.7. The van der Waals surface area contributed by atoms with Gasteiger partial charge in [0.25, 0.3) is 15.7 Å². The lowest BCUT2D eigenvalue weighted by atomic mass is 9.72. The van der Waals surface area contributed by atoms with E-state index in [1.807, 2.05) is 12.1 Å². The molecule has 2 atom stereocenters. The summed E-state index contributed by atoms with van der Waals surface area (Å²) < 4.78 is 49.3. The van der Waals surface area contributed by atoms with Crippen LogP contribution in [0.2, 0.25) is 0 Å². The number of aromatic amines is 1. The van der Waals surface area contributed by atoms with Crippen LogP contribution in [0.5, 0.6) is 5.88 Å². The van der Waals surface area contributed by atoms with E-state index >= 15 is 0 Å². The molecule has 3 heterocycles. The number of carbonyl (C=O) groups excluding carboxylic acids is 2. The van der Waals surface area contributed by atoms with Crippen LogP contribution >= 0.6 is 0 Å². The van der Waals surface area contributed by atoms with Crippen molar-refractivity contribution in [3.05, 3.63) is 70.6 Å². The molecule has 4 aromatic rings. The van der Waals surface area contributed by atoms with Gasteiger partial charge in [-0.05, 0) is 84.1 Å². The molecule has 300 valence electrons. The zero-order valence-electron chi connectivity index (χ0n) is 33.9. The van der Waals surface area contributed by atoms with E-state index in [1.165, 1.54) is 9.42 Å². The van der Waals surface area contributed by atoms with Crippen molar-refractivity contribution < 1.29 is 32.2 Å². The number of anilines is 1. The maximum atomic E-state index is 14.1. The number of nitrogens with zero attached hydrogens (tertiary/aromatic N) is 4. The first-order valence-corrected chi connectivity index (χ1v) is 20.8. The predicted octanol–water partition coefficient (Wildman–Crippen LogP) is 8.76. The van der Waals surface area contributed by atoms with Gasteiger partial charge in [0.15, 0.2) is 11.5 Å². The molecule has 2 aliphatic rings. The summed E-state index contributed by atoms with van der Waals surface area (Å²) >= 11 is 0. The van der Waals surface area contributed by atoms with E-state index < -0.39 is 22.1 Å². The van der Waals surface area contributed by atoms with Crippen molar-refractivity contribution in [3.63, 3.8) is 0 Å². The second-order valence-electron chi connectivity index (χ2n) is 17.5. The maximum absolute atomic E-state index is 14.1. The van der Waals surface area contributed by atoms with Gasteiger partial charge < -0.3 is 19.1 Å². The van der Waals surface area contributed by atoms with Crippen molar-refractivity contribution in [2.24, 2.45) is 23.2 Å². The molecule has 1 aliphatic heterocycles. The molecule has 2 unspecified atom stereocenters. The van der Waals surface area contributed by atoms with E-state index in [2.05, 4.69) is 70.1 Å². The van der Waals surface area contributed by atoms with Crippen molar-refractivity contribution in [2.75, 3.05) is 31.0 Å². The van der Waals surface area contributed by atoms with Crippen molar-refractivity contribution in [2.45, 2.75) is 98.0 Å². The van der Waals surface area contributed by atoms with Crippen molar-refractivity contribution >= 4 is 39.1 Å². The summed E-state index contributed by atoms with van der Waals surface area (Å²) in [6.45, 7) is 28.2. The van der Waals surface area contributed by atoms with Gasteiger partial charge in [-0.25, -0.2) is 32.4 Å². The lowest BCUT2D eigenvalue weighted by Crippen LogP contribution is -2.42. The Morgan fingerprint density at radius 2 is 1.71 bits per heavy atom. The van der Waals surface area contributed by atoms with E-state index in [4.69, 9.17) is 25.8 Å². The summed E-state index contributed by atoms with van der Waals surface area (Å²) in [5.74, 6) is 0.0164. The van der Waals surface area contributed by atoms with Crippen molar-refractivity contribution in [1.29, 1.82) is 0 Å². The molecule has 0 bridgehead atoms. The van der Waals surface area contributed by atoms with Gasteiger partial charge in [0.1, 0.15) is 11.7 Å². The second-order valence-corrected chi connectivity index (χ2v) is 19.2. The fourth-order valence-corrected chi connectivity index (χ4v) is 9.99. The summed E-state index contributed by atoms with van der Waals surface area (Å²) in [5.41, 5.74) is 1.81. The number of ether oxygens (including phenoxy) is 3. The van der Waals surface area contributed by atoms with Gasteiger partial charge >= 0.3 is 12.1 Å². The molecule has 2 aromatic heterocycles. The Hall–Kier alpha value is -4.87. The number of sulfonamides is 1. The number of rotatable bonds is 9. The Labute approximate surface area is 330 Å². The molecule has 14 heteroatoms. The molecule has 13 nitrogen and oxygen atoms in total. The first-order chi connectivity index (χ1) is 26.3. The Morgan fingerprint density at radius 3 is 2.36 bits per heavy atom. The molecule has 6 rings (SSSR count). The molecule has 1 aliphatic carbocycles. The molecule has 56 heavy (non-hydrogen) atoms. The number of hydrogen-bond donors (Lipinski definition) is 2. The molecule has 0 spiro atoms. The first-order valence-electron chi connectivity index (χ1n) is 19.3. The lowest BCUT2D eigenvalue weighted by Gasteiger charge is -2.37. The van der Waals surface area contributed by atoms with Crippen LogP contribution in [-0.2, 0) is 24.9 Å². The second kappa shape index (κ2) is 15.6. The summed E-state index contributed by atoms with van der Waals surface area (Å²) in [5, 5.41) is 3.10. The van der Waals surface area contributed by atoms with Crippen LogP contribution in [0.1, 0.15) is 96.1 Å². The van der Waals surface area contributed by atoms with Crippen LogP contribution in [-0.4, -0.2) is 72.4 Å². The number of fused-ring (bicyclic) bond motifs is 1. The van der Waals surface area contributed by atoms with E-state index in [0.717, 1.165) is 24.8 Å². The number of nitrogens with one attached hydrogen (secondary N) is 2. The van der Waals surface area contributed by atoms with Gasteiger partial charge in [0, 0.05) is 24.3 Å². The van der Waals surface area contributed by atoms with Crippen LogP contribution < -0.4 is 9.46 Å². The van der Waals surface area contributed by atoms with Gasteiger partial charge in [0.05, 0.1) is 24.7 Å². The monoisotopic (exact) mass is 786 g/mol. The highest BCUT2D eigenvalue weighted by Crippen LogP contribution is 2.42. The summed E-state index contributed by atoms with van der Waals surface area (Å²) in [7, 11) is -4.02. The average Bonchev–Trinajstić information content (AvgIpc) is 3.66. The van der Waals surface area contributed by atoms with E-state index in [1.54, 1.807) is 37.3 Å². The van der Waals surface area contributed by atoms with Gasteiger partial charge in [0.2, 0.25) is 5.88 Å². The quantitative estimate of drug-likeness (QED) is 0.126. The third kappa shape index (κ3) is 8.59. The highest BCUT2D eigenvalue weighted by Gasteiger charge is 2.38. The SMILES string of the molecule is [C-]#[N+]c1c(C(=O)OC2C(C)CC(C)CC2C)c2nc(-c3cccc(NS(=O)(=O)c4cc(C(C)(C)CC(C)(C)C)ccc4C)c3)[nH]n2c1OC(=O)N1CCOCC1. The number of morpholine rings is 1. The molecule has 1 saturated carbocycles. The molecule has 2 N–H and O–H groups in total. The zero-order chi connectivity index (χ0) is 40.7. The summed E-state index contributed by atoms with van der Waals surface area (Å²) in [6, 6.07) is 12.3. The Balaban J connectivity index is 1.36. The Bertz CT molecular complexity index is 2260. The maximum Gasteiger partial charge on any atom is 0.415 e. The third-order valence-electron chi connectivity index (χ3n) is 10.8. The molecule has 0 radical (unpaired) electrons. The molecule has 2 fully saturated rings. The number of benzene rings is 2. The number of aromatic nitrogens is 3. The highest BCUT2D eigenvalue weighted by atomic mass is 32.2. The van der Waals surface area contributed by atoms with Gasteiger partial charge in [-0.2, -0.15) is 0 Å². The third-order valence-corrected chi connectivity index (χ3v) is 12.3. The smallest absolute Gasteiger partial charge is 0.415 e. The lowest BCUT2D eigenvalue weighted by molar-refractivity contribution is -0.0249. The van der Waals surface area contributed by atoms with Crippen LogP contribution in [0.4, 0.5) is 16.2 Å². The largest absolute Gasteiger partial charge is 0.459 e. The minimum absolute atomic E-state index is 0.0408. The van der Waals surface area contributed by atoms with Gasteiger partial charge in [-0.3, -0.25) is 9.82 Å².